The molecular formula is C19H27Cl2N7O3. The second-order valence-electron chi connectivity index (χ2n) is 6.68. The highest BCUT2D eigenvalue weighted by atomic mass is 35.5. The zero-order valence-electron chi connectivity index (χ0n) is 17.6. The first kappa shape index (κ1) is 27.9. The van der Waals surface area contributed by atoms with E-state index in [1.54, 1.807) is 51.1 Å². The molecule has 12 heteroatoms. The van der Waals surface area contributed by atoms with Crippen molar-refractivity contribution < 1.29 is 14.3 Å². The largest absolute Gasteiger partial charge is 0.467 e. The lowest BCUT2D eigenvalue weighted by Crippen LogP contribution is -2.46. The van der Waals surface area contributed by atoms with Crippen LogP contribution in [0.4, 0.5) is 22.2 Å². The summed E-state index contributed by atoms with van der Waals surface area (Å²) in [5, 5.41) is 15.6. The van der Waals surface area contributed by atoms with E-state index in [1.165, 1.54) is 7.11 Å². The van der Waals surface area contributed by atoms with Gasteiger partial charge in [0.15, 0.2) is 0 Å². The fourth-order valence-corrected chi connectivity index (χ4v) is 2.47. The third-order valence-corrected chi connectivity index (χ3v) is 3.96. The van der Waals surface area contributed by atoms with Gasteiger partial charge in [0.2, 0.25) is 5.95 Å². The number of carbonyl (C=O) groups is 2. The molecule has 1 heterocycles. The van der Waals surface area contributed by atoms with E-state index in [0.29, 0.717) is 17.1 Å². The number of nitrogens with two attached hydrogens (primary N) is 1. The SMILES string of the molecule is COC(=O)[C@H](NC(=O)Nc1nc(C)cc(Nc2ccc(C(=N)N)cc2)n1)C(C)C.Cl.Cl. The first-order valence-corrected chi connectivity index (χ1v) is 8.92. The molecule has 1 atom stereocenters. The van der Waals surface area contributed by atoms with E-state index in [0.717, 1.165) is 5.69 Å². The van der Waals surface area contributed by atoms with Crippen molar-refractivity contribution in [2.45, 2.75) is 26.8 Å². The monoisotopic (exact) mass is 471 g/mol. The Morgan fingerprint density at radius 1 is 1.13 bits per heavy atom. The van der Waals surface area contributed by atoms with Gasteiger partial charge in [-0.1, -0.05) is 13.8 Å². The highest BCUT2D eigenvalue weighted by Gasteiger charge is 2.25. The van der Waals surface area contributed by atoms with Crippen molar-refractivity contribution in [1.29, 1.82) is 5.41 Å². The maximum absolute atomic E-state index is 12.3. The smallest absolute Gasteiger partial charge is 0.328 e. The molecule has 6 N–H and O–H groups in total. The van der Waals surface area contributed by atoms with Crippen LogP contribution in [0.1, 0.15) is 25.1 Å². The quantitative estimate of drug-likeness (QED) is 0.236. The highest BCUT2D eigenvalue weighted by molar-refractivity contribution is 5.95. The second kappa shape index (κ2) is 12.6. The summed E-state index contributed by atoms with van der Waals surface area (Å²) in [4.78, 5) is 32.5. The number of rotatable bonds is 7. The molecule has 0 aliphatic rings. The molecule has 0 aliphatic carbocycles. The number of aromatic nitrogens is 2. The van der Waals surface area contributed by atoms with Crippen LogP contribution in [0.25, 0.3) is 0 Å². The number of nitrogens with one attached hydrogen (secondary N) is 4. The van der Waals surface area contributed by atoms with Gasteiger partial charge < -0.3 is 21.1 Å². The van der Waals surface area contributed by atoms with E-state index >= 15 is 0 Å². The van der Waals surface area contributed by atoms with Crippen LogP contribution in [0.3, 0.4) is 0 Å². The number of nitrogens with zero attached hydrogens (tertiary/aromatic N) is 2. The fourth-order valence-electron chi connectivity index (χ4n) is 2.47. The van der Waals surface area contributed by atoms with Crippen LogP contribution in [0.15, 0.2) is 30.3 Å². The first-order chi connectivity index (χ1) is 13.7. The molecule has 0 spiro atoms. The molecule has 170 valence electrons. The van der Waals surface area contributed by atoms with Crippen LogP contribution in [-0.4, -0.2) is 41.0 Å². The number of methoxy groups -OCH3 is 1. The van der Waals surface area contributed by atoms with Crippen molar-refractivity contribution in [2.75, 3.05) is 17.7 Å². The summed E-state index contributed by atoms with van der Waals surface area (Å²) in [6.45, 7) is 5.36. The summed E-state index contributed by atoms with van der Waals surface area (Å²) < 4.78 is 4.71. The van der Waals surface area contributed by atoms with Gasteiger partial charge in [0.25, 0.3) is 0 Å². The summed E-state index contributed by atoms with van der Waals surface area (Å²) in [5.41, 5.74) is 7.42. The number of ether oxygens (including phenoxy) is 1. The van der Waals surface area contributed by atoms with Crippen LogP contribution in [0.2, 0.25) is 0 Å². The second-order valence-corrected chi connectivity index (χ2v) is 6.68. The molecule has 0 saturated heterocycles. The van der Waals surface area contributed by atoms with Gasteiger partial charge in [-0.25, -0.2) is 14.6 Å². The van der Waals surface area contributed by atoms with Crippen molar-refractivity contribution >= 4 is 60.1 Å². The standard InChI is InChI=1S/C19H25N7O3.2ClH/c1-10(2)15(17(27)29-4)25-19(28)26-18-22-11(3)9-14(24-18)23-13-7-5-12(6-8-13)16(20)21;;/h5-10,15H,1-4H3,(H3,20,21)(H3,22,23,24,25,26,28);2*1H/t15-;;/m1../s1. The number of hydrogen-bond acceptors (Lipinski definition) is 7. The van der Waals surface area contributed by atoms with Crippen LogP contribution in [0, 0.1) is 18.3 Å². The van der Waals surface area contributed by atoms with Gasteiger partial charge in [-0.05, 0) is 37.1 Å². The normalized spacial score (nSPS) is 10.7. The van der Waals surface area contributed by atoms with Gasteiger partial charge in [0.05, 0.1) is 7.11 Å². The average molecular weight is 472 g/mol. The van der Waals surface area contributed by atoms with Crippen molar-refractivity contribution in [1.82, 2.24) is 15.3 Å². The van der Waals surface area contributed by atoms with Gasteiger partial charge in [0, 0.05) is 23.0 Å². The summed E-state index contributed by atoms with van der Waals surface area (Å²) in [5.74, 6) is -0.147. The van der Waals surface area contributed by atoms with Gasteiger partial charge in [-0.2, -0.15) is 4.98 Å². The van der Waals surface area contributed by atoms with Crippen molar-refractivity contribution in [2.24, 2.45) is 11.7 Å². The zero-order chi connectivity index (χ0) is 21.6. The molecule has 0 fully saturated rings. The predicted octanol–water partition coefficient (Wildman–Crippen LogP) is 2.98. The summed E-state index contributed by atoms with van der Waals surface area (Å²) in [7, 11) is 1.27. The number of anilines is 3. The lowest BCUT2D eigenvalue weighted by atomic mass is 10.1. The molecule has 1 aromatic heterocycles. The number of carbonyl (C=O) groups excluding carboxylic acids is 2. The molecule has 0 radical (unpaired) electrons. The summed E-state index contributed by atoms with van der Waals surface area (Å²) >= 11 is 0. The zero-order valence-corrected chi connectivity index (χ0v) is 19.2. The number of nitrogen functional groups attached to an aromatic ring is 1. The predicted molar refractivity (Wildman–Crippen MR) is 125 cm³/mol. The number of urea groups is 1. The minimum Gasteiger partial charge on any atom is -0.467 e. The topological polar surface area (TPSA) is 155 Å². The Balaban J connectivity index is 0.00000450. The third-order valence-electron chi connectivity index (χ3n) is 3.96. The molecule has 2 rings (SSSR count). The van der Waals surface area contributed by atoms with Gasteiger partial charge in [-0.3, -0.25) is 10.7 Å². The van der Waals surface area contributed by atoms with Gasteiger partial charge in [0.1, 0.15) is 17.7 Å². The Bertz CT molecular complexity index is 908. The van der Waals surface area contributed by atoms with Crippen LogP contribution >= 0.6 is 24.8 Å². The lowest BCUT2D eigenvalue weighted by molar-refractivity contribution is -0.143. The molecule has 1 aromatic carbocycles. The van der Waals surface area contributed by atoms with Crippen LogP contribution in [-0.2, 0) is 9.53 Å². The fraction of sp³-hybridized carbons (Fsp3) is 0.316. The van der Waals surface area contributed by atoms with E-state index in [9.17, 15) is 9.59 Å². The van der Waals surface area contributed by atoms with E-state index < -0.39 is 18.0 Å². The Morgan fingerprint density at radius 2 is 1.74 bits per heavy atom. The average Bonchev–Trinajstić information content (AvgIpc) is 2.65. The number of amidine groups is 1. The van der Waals surface area contributed by atoms with Crippen LogP contribution < -0.4 is 21.7 Å². The summed E-state index contributed by atoms with van der Waals surface area (Å²) in [6.07, 6.45) is 0. The molecule has 31 heavy (non-hydrogen) atoms. The Hall–Kier alpha value is -3.11. The van der Waals surface area contributed by atoms with E-state index in [1.807, 2.05) is 0 Å². The molecule has 0 unspecified atom stereocenters. The molecule has 0 bridgehead atoms. The first-order valence-electron chi connectivity index (χ1n) is 8.92. The van der Waals surface area contributed by atoms with Gasteiger partial charge >= 0.3 is 12.0 Å². The van der Waals surface area contributed by atoms with Crippen molar-refractivity contribution in [3.05, 3.63) is 41.6 Å². The van der Waals surface area contributed by atoms with Crippen LogP contribution in [0.5, 0.6) is 0 Å². The molecule has 2 aromatic rings. The maximum Gasteiger partial charge on any atom is 0.328 e. The minimum absolute atomic E-state index is 0. The molecular weight excluding hydrogens is 445 g/mol. The number of hydrogen-bond donors (Lipinski definition) is 5. The number of amides is 2. The summed E-state index contributed by atoms with van der Waals surface area (Å²) in [6, 6.07) is 7.26. The van der Waals surface area contributed by atoms with E-state index in [-0.39, 0.29) is 42.5 Å². The molecule has 0 saturated carbocycles. The number of aryl methyl sites for hydroxylation is 1. The molecule has 10 nitrogen and oxygen atoms in total. The Kier molecular flexibility index (Phi) is 11.3. The highest BCUT2D eigenvalue weighted by Crippen LogP contribution is 2.17. The Morgan fingerprint density at radius 3 is 2.26 bits per heavy atom. The Labute approximate surface area is 193 Å². The minimum atomic E-state index is -0.790. The van der Waals surface area contributed by atoms with Crippen molar-refractivity contribution in [3.63, 3.8) is 0 Å². The third kappa shape index (κ3) is 8.27. The van der Waals surface area contributed by atoms with Gasteiger partial charge in [-0.15, -0.1) is 24.8 Å². The van der Waals surface area contributed by atoms with Crippen molar-refractivity contribution in [3.8, 4) is 0 Å². The lowest BCUT2D eigenvalue weighted by Gasteiger charge is -2.19. The number of esters is 1. The number of halogens is 2. The maximum atomic E-state index is 12.3. The molecule has 0 aliphatic heterocycles. The molecule has 2 amide bonds. The number of benzene rings is 1. The van der Waals surface area contributed by atoms with E-state index in [4.69, 9.17) is 15.9 Å². The van der Waals surface area contributed by atoms with E-state index in [2.05, 4.69) is 25.9 Å².